The summed E-state index contributed by atoms with van der Waals surface area (Å²) in [6.45, 7) is 2.54. The number of benzene rings is 1. The molecular formula is C21H30N4O8. The van der Waals surface area contributed by atoms with Gasteiger partial charge in [0.25, 0.3) is 0 Å². The third kappa shape index (κ3) is 9.66. The highest BCUT2D eigenvalue weighted by molar-refractivity contribution is 5.94. The van der Waals surface area contributed by atoms with Gasteiger partial charge in [-0.05, 0) is 25.8 Å². The number of aliphatic hydroxyl groups is 1. The molecule has 8 N–H and O–H groups in total. The molecule has 0 saturated carbocycles. The summed E-state index contributed by atoms with van der Waals surface area (Å²) in [4.78, 5) is 59.9. The van der Waals surface area contributed by atoms with E-state index in [9.17, 15) is 29.1 Å². The number of aliphatic carboxylic acids is 2. The van der Waals surface area contributed by atoms with Crippen LogP contribution in [0.5, 0.6) is 0 Å². The Hall–Kier alpha value is -3.51. The van der Waals surface area contributed by atoms with E-state index in [0.717, 1.165) is 0 Å². The average molecular weight is 466 g/mol. The standard InChI is InChI=1S/C21H30N4O8/c1-11(21(32)33)23-19(30)15(10-13-6-4-3-5-7-13)25-18(29)14(8-9-16(27)28)24-20(31)17(22)12(2)26/h3-7,11-12,14-15,17,26H,8-10,22H2,1-2H3,(H,23,30)(H,24,31)(H,25,29)(H,27,28)(H,32,33). The molecule has 0 heterocycles. The quantitative estimate of drug-likeness (QED) is 0.178. The van der Waals surface area contributed by atoms with Crippen LogP contribution in [0.3, 0.4) is 0 Å². The van der Waals surface area contributed by atoms with Crippen LogP contribution in [-0.4, -0.2) is 75.3 Å². The van der Waals surface area contributed by atoms with Crippen molar-refractivity contribution >= 4 is 29.7 Å². The lowest BCUT2D eigenvalue weighted by Gasteiger charge is -2.25. The Balaban J connectivity index is 3.07. The number of carboxylic acid groups (broad SMARTS) is 2. The van der Waals surface area contributed by atoms with E-state index in [2.05, 4.69) is 16.0 Å². The van der Waals surface area contributed by atoms with E-state index >= 15 is 0 Å². The van der Waals surface area contributed by atoms with Crippen LogP contribution in [0.15, 0.2) is 30.3 Å². The second kappa shape index (κ2) is 13.1. The molecule has 1 rings (SSSR count). The number of rotatable bonds is 13. The van der Waals surface area contributed by atoms with Crippen molar-refractivity contribution in [3.63, 3.8) is 0 Å². The van der Waals surface area contributed by atoms with Gasteiger partial charge < -0.3 is 37.0 Å². The van der Waals surface area contributed by atoms with Gasteiger partial charge in [0.1, 0.15) is 24.2 Å². The Morgan fingerprint density at radius 3 is 1.94 bits per heavy atom. The maximum absolute atomic E-state index is 12.9. The fraction of sp³-hybridized carbons (Fsp3) is 0.476. The molecule has 0 bridgehead atoms. The summed E-state index contributed by atoms with van der Waals surface area (Å²) in [7, 11) is 0. The zero-order valence-electron chi connectivity index (χ0n) is 18.4. The molecule has 0 radical (unpaired) electrons. The van der Waals surface area contributed by atoms with Gasteiger partial charge in [-0.25, -0.2) is 0 Å². The molecule has 3 amide bonds. The molecule has 1 aromatic rings. The van der Waals surface area contributed by atoms with Crippen LogP contribution < -0.4 is 21.7 Å². The molecule has 5 atom stereocenters. The number of nitrogens with one attached hydrogen (secondary N) is 3. The minimum atomic E-state index is -1.36. The van der Waals surface area contributed by atoms with Crippen LogP contribution in [0.4, 0.5) is 0 Å². The van der Waals surface area contributed by atoms with Crippen LogP contribution in [-0.2, 0) is 30.4 Å². The molecule has 12 heteroatoms. The Morgan fingerprint density at radius 2 is 1.42 bits per heavy atom. The lowest BCUT2D eigenvalue weighted by Crippen LogP contribution is -2.58. The molecular weight excluding hydrogens is 436 g/mol. The van der Waals surface area contributed by atoms with Crippen molar-refractivity contribution in [1.29, 1.82) is 0 Å². The molecule has 0 fully saturated rings. The van der Waals surface area contributed by atoms with E-state index in [1.54, 1.807) is 30.3 Å². The van der Waals surface area contributed by atoms with Gasteiger partial charge in [-0.1, -0.05) is 30.3 Å². The molecule has 0 aliphatic heterocycles. The summed E-state index contributed by atoms with van der Waals surface area (Å²) >= 11 is 0. The van der Waals surface area contributed by atoms with Gasteiger partial charge in [0, 0.05) is 12.8 Å². The number of aliphatic hydroxyl groups excluding tert-OH is 1. The van der Waals surface area contributed by atoms with E-state index in [-0.39, 0.29) is 12.8 Å². The fourth-order valence-electron chi connectivity index (χ4n) is 2.73. The Bertz CT molecular complexity index is 846. The minimum absolute atomic E-state index is 0.0114. The zero-order valence-corrected chi connectivity index (χ0v) is 18.4. The number of carboxylic acids is 2. The molecule has 0 spiro atoms. The summed E-state index contributed by atoms with van der Waals surface area (Å²) in [5.41, 5.74) is 6.24. The average Bonchev–Trinajstić information content (AvgIpc) is 2.75. The van der Waals surface area contributed by atoms with E-state index in [4.69, 9.17) is 15.9 Å². The number of hydrogen-bond donors (Lipinski definition) is 7. The normalized spacial score (nSPS) is 15.3. The van der Waals surface area contributed by atoms with E-state index < -0.39 is 66.4 Å². The predicted molar refractivity (Wildman–Crippen MR) is 116 cm³/mol. The van der Waals surface area contributed by atoms with E-state index in [1.807, 2.05) is 0 Å². The first kappa shape index (κ1) is 27.5. The first-order valence-corrected chi connectivity index (χ1v) is 10.3. The smallest absolute Gasteiger partial charge is 0.325 e. The lowest BCUT2D eigenvalue weighted by atomic mass is 10.0. The van der Waals surface area contributed by atoms with Crippen molar-refractivity contribution in [2.75, 3.05) is 0 Å². The number of hydrogen-bond acceptors (Lipinski definition) is 7. The second-order valence-electron chi connectivity index (χ2n) is 7.58. The van der Waals surface area contributed by atoms with Crippen molar-refractivity contribution in [2.45, 2.75) is 63.4 Å². The van der Waals surface area contributed by atoms with Gasteiger partial charge in [-0.2, -0.15) is 0 Å². The zero-order chi connectivity index (χ0) is 25.1. The number of amides is 3. The van der Waals surface area contributed by atoms with Gasteiger partial charge >= 0.3 is 11.9 Å². The Labute approximate surface area is 190 Å². The highest BCUT2D eigenvalue weighted by atomic mass is 16.4. The highest BCUT2D eigenvalue weighted by Crippen LogP contribution is 2.06. The van der Waals surface area contributed by atoms with Gasteiger partial charge in [-0.15, -0.1) is 0 Å². The molecule has 33 heavy (non-hydrogen) atoms. The van der Waals surface area contributed by atoms with Crippen molar-refractivity contribution in [1.82, 2.24) is 16.0 Å². The second-order valence-corrected chi connectivity index (χ2v) is 7.58. The summed E-state index contributed by atoms with van der Waals surface area (Å²) in [6, 6.07) is 3.46. The first-order valence-electron chi connectivity index (χ1n) is 10.3. The van der Waals surface area contributed by atoms with Crippen LogP contribution in [0.2, 0.25) is 0 Å². The Morgan fingerprint density at radius 1 is 0.879 bits per heavy atom. The summed E-state index contributed by atoms with van der Waals surface area (Å²) in [6.07, 6.45) is -1.97. The third-order valence-corrected chi connectivity index (χ3v) is 4.75. The molecule has 5 unspecified atom stereocenters. The van der Waals surface area contributed by atoms with Crippen molar-refractivity contribution in [2.24, 2.45) is 5.73 Å². The maximum atomic E-state index is 12.9. The SMILES string of the molecule is CC(NC(=O)C(Cc1ccccc1)NC(=O)C(CCC(=O)O)NC(=O)C(N)C(C)O)C(=O)O. The molecule has 182 valence electrons. The fourth-order valence-corrected chi connectivity index (χ4v) is 2.73. The third-order valence-electron chi connectivity index (χ3n) is 4.75. The highest BCUT2D eigenvalue weighted by Gasteiger charge is 2.30. The molecule has 0 aliphatic carbocycles. The van der Waals surface area contributed by atoms with Crippen molar-refractivity contribution in [3.05, 3.63) is 35.9 Å². The summed E-state index contributed by atoms with van der Waals surface area (Å²) < 4.78 is 0. The van der Waals surface area contributed by atoms with Crippen molar-refractivity contribution in [3.8, 4) is 0 Å². The summed E-state index contributed by atoms with van der Waals surface area (Å²) in [5.74, 6) is -4.99. The molecule has 1 aromatic carbocycles. The first-order chi connectivity index (χ1) is 15.4. The largest absolute Gasteiger partial charge is 0.481 e. The van der Waals surface area contributed by atoms with Crippen LogP contribution >= 0.6 is 0 Å². The van der Waals surface area contributed by atoms with Gasteiger partial charge in [0.05, 0.1) is 6.10 Å². The van der Waals surface area contributed by atoms with E-state index in [1.165, 1.54) is 13.8 Å². The number of carbonyl (C=O) groups excluding carboxylic acids is 3. The predicted octanol–water partition coefficient (Wildman–Crippen LogP) is -1.64. The summed E-state index contributed by atoms with van der Waals surface area (Å²) in [5, 5.41) is 34.5. The van der Waals surface area contributed by atoms with Gasteiger partial charge in [-0.3, -0.25) is 24.0 Å². The van der Waals surface area contributed by atoms with Crippen LogP contribution in [0, 0.1) is 0 Å². The molecule has 0 aliphatic rings. The van der Waals surface area contributed by atoms with E-state index in [0.29, 0.717) is 5.56 Å². The molecule has 0 aromatic heterocycles. The minimum Gasteiger partial charge on any atom is -0.481 e. The van der Waals surface area contributed by atoms with Crippen molar-refractivity contribution < 1.29 is 39.3 Å². The topological polar surface area (TPSA) is 208 Å². The monoisotopic (exact) mass is 466 g/mol. The molecule has 12 nitrogen and oxygen atoms in total. The number of carbonyl (C=O) groups is 5. The lowest BCUT2D eigenvalue weighted by molar-refractivity contribution is -0.141. The number of nitrogens with two attached hydrogens (primary N) is 1. The molecule has 0 saturated heterocycles. The Kier molecular flexibility index (Phi) is 11.0. The maximum Gasteiger partial charge on any atom is 0.325 e. The van der Waals surface area contributed by atoms with Gasteiger partial charge in [0.15, 0.2) is 0 Å². The van der Waals surface area contributed by atoms with Crippen LogP contribution in [0.25, 0.3) is 0 Å². The van der Waals surface area contributed by atoms with Gasteiger partial charge in [0.2, 0.25) is 17.7 Å². The van der Waals surface area contributed by atoms with Crippen LogP contribution in [0.1, 0.15) is 32.3 Å².